The molecule has 1 aromatic rings. The SMILES string of the molecule is CSCCC(NC(=O)c1ccccc1Cl)C(=O)NC1CCCCC1C. The van der Waals surface area contributed by atoms with Crippen LogP contribution in [0.25, 0.3) is 0 Å². The minimum atomic E-state index is -0.537. The Kier molecular flexibility index (Phi) is 8.10. The topological polar surface area (TPSA) is 58.2 Å². The molecule has 3 unspecified atom stereocenters. The van der Waals surface area contributed by atoms with Gasteiger partial charge in [0.1, 0.15) is 6.04 Å². The summed E-state index contributed by atoms with van der Waals surface area (Å²) in [6.07, 6.45) is 7.13. The molecule has 1 aromatic carbocycles. The highest BCUT2D eigenvalue weighted by molar-refractivity contribution is 7.98. The quantitative estimate of drug-likeness (QED) is 0.752. The van der Waals surface area contributed by atoms with Crippen molar-refractivity contribution < 1.29 is 9.59 Å². The Morgan fingerprint density at radius 1 is 1.28 bits per heavy atom. The average Bonchev–Trinajstić information content (AvgIpc) is 2.60. The van der Waals surface area contributed by atoms with Gasteiger partial charge in [-0.3, -0.25) is 9.59 Å². The Hall–Kier alpha value is -1.20. The number of carbonyl (C=O) groups is 2. The van der Waals surface area contributed by atoms with Crippen LogP contribution in [0.1, 0.15) is 49.4 Å². The number of hydrogen-bond acceptors (Lipinski definition) is 3. The van der Waals surface area contributed by atoms with E-state index < -0.39 is 6.04 Å². The third kappa shape index (κ3) is 5.93. The normalized spacial score (nSPS) is 21.4. The summed E-state index contributed by atoms with van der Waals surface area (Å²) in [6.45, 7) is 2.18. The van der Waals surface area contributed by atoms with Crippen LogP contribution in [0.15, 0.2) is 24.3 Å². The molecule has 1 aliphatic carbocycles. The molecule has 2 N–H and O–H groups in total. The monoisotopic (exact) mass is 382 g/mol. The van der Waals surface area contributed by atoms with Gasteiger partial charge in [-0.15, -0.1) is 0 Å². The molecule has 0 spiro atoms. The summed E-state index contributed by atoms with van der Waals surface area (Å²) in [4.78, 5) is 25.3. The van der Waals surface area contributed by atoms with E-state index in [1.54, 1.807) is 36.0 Å². The molecule has 0 heterocycles. The highest BCUT2D eigenvalue weighted by atomic mass is 35.5. The molecule has 0 saturated heterocycles. The highest BCUT2D eigenvalue weighted by Gasteiger charge is 2.27. The Balaban J connectivity index is 2.03. The summed E-state index contributed by atoms with van der Waals surface area (Å²) < 4.78 is 0. The zero-order chi connectivity index (χ0) is 18.2. The molecule has 0 radical (unpaired) electrons. The van der Waals surface area contributed by atoms with Crippen LogP contribution in [-0.4, -0.2) is 35.9 Å². The molecule has 6 heteroatoms. The Bertz CT molecular complexity index is 597. The third-order valence-electron chi connectivity index (χ3n) is 4.79. The zero-order valence-corrected chi connectivity index (χ0v) is 16.5. The molecule has 25 heavy (non-hydrogen) atoms. The van der Waals surface area contributed by atoms with Gasteiger partial charge in [-0.05, 0) is 49.3 Å². The van der Waals surface area contributed by atoms with Crippen molar-refractivity contribution >= 4 is 35.2 Å². The molecular weight excluding hydrogens is 356 g/mol. The number of benzene rings is 1. The highest BCUT2D eigenvalue weighted by Crippen LogP contribution is 2.24. The maximum atomic E-state index is 12.7. The van der Waals surface area contributed by atoms with Crippen LogP contribution in [0.4, 0.5) is 0 Å². The number of carbonyl (C=O) groups excluding carboxylic acids is 2. The smallest absolute Gasteiger partial charge is 0.253 e. The largest absolute Gasteiger partial charge is 0.351 e. The van der Waals surface area contributed by atoms with E-state index in [1.165, 1.54) is 6.42 Å². The Labute approximate surface area is 159 Å². The number of nitrogens with one attached hydrogen (secondary N) is 2. The van der Waals surface area contributed by atoms with Gasteiger partial charge in [0.05, 0.1) is 10.6 Å². The van der Waals surface area contributed by atoms with Gasteiger partial charge in [0, 0.05) is 6.04 Å². The predicted molar refractivity (Wildman–Crippen MR) is 105 cm³/mol. The third-order valence-corrected chi connectivity index (χ3v) is 5.76. The Morgan fingerprint density at radius 3 is 2.68 bits per heavy atom. The van der Waals surface area contributed by atoms with Gasteiger partial charge in [-0.25, -0.2) is 0 Å². The molecule has 138 valence electrons. The maximum absolute atomic E-state index is 12.7. The van der Waals surface area contributed by atoms with Crippen molar-refractivity contribution in [2.45, 2.75) is 51.1 Å². The van der Waals surface area contributed by atoms with E-state index in [0.29, 0.717) is 22.9 Å². The lowest BCUT2D eigenvalue weighted by Crippen LogP contribution is -2.51. The lowest BCUT2D eigenvalue weighted by molar-refractivity contribution is -0.124. The molecule has 1 aliphatic rings. The van der Waals surface area contributed by atoms with Crippen LogP contribution in [0.5, 0.6) is 0 Å². The molecule has 1 saturated carbocycles. The summed E-state index contributed by atoms with van der Waals surface area (Å²) in [5, 5.41) is 6.41. The fraction of sp³-hybridized carbons (Fsp3) is 0.579. The van der Waals surface area contributed by atoms with Gasteiger partial charge >= 0.3 is 0 Å². The molecule has 0 aromatic heterocycles. The van der Waals surface area contributed by atoms with Gasteiger partial charge in [0.15, 0.2) is 0 Å². The first-order chi connectivity index (χ1) is 12.0. The van der Waals surface area contributed by atoms with E-state index in [-0.39, 0.29) is 17.9 Å². The van der Waals surface area contributed by atoms with E-state index >= 15 is 0 Å². The van der Waals surface area contributed by atoms with Crippen molar-refractivity contribution in [2.75, 3.05) is 12.0 Å². The second-order valence-corrected chi connectivity index (χ2v) is 8.06. The predicted octanol–water partition coefficient (Wildman–Crippen LogP) is 3.89. The summed E-state index contributed by atoms with van der Waals surface area (Å²) in [6, 6.07) is 6.56. The van der Waals surface area contributed by atoms with Gasteiger partial charge in [0.2, 0.25) is 5.91 Å². The van der Waals surface area contributed by atoms with Crippen LogP contribution in [0.2, 0.25) is 5.02 Å². The van der Waals surface area contributed by atoms with Crippen LogP contribution >= 0.6 is 23.4 Å². The van der Waals surface area contributed by atoms with Crippen molar-refractivity contribution in [3.8, 4) is 0 Å². The standard InChI is InChI=1S/C19H27ClN2O2S/c1-13-7-3-6-10-16(13)21-19(24)17(11-12-25-2)22-18(23)14-8-4-5-9-15(14)20/h4-5,8-9,13,16-17H,3,6-7,10-12H2,1-2H3,(H,21,24)(H,22,23). The number of rotatable bonds is 7. The molecule has 0 bridgehead atoms. The minimum absolute atomic E-state index is 0.0896. The van der Waals surface area contributed by atoms with E-state index in [1.807, 2.05) is 6.26 Å². The lowest BCUT2D eigenvalue weighted by atomic mass is 9.86. The molecule has 4 nitrogen and oxygen atoms in total. The summed E-state index contributed by atoms with van der Waals surface area (Å²) >= 11 is 7.76. The van der Waals surface area contributed by atoms with Gasteiger partial charge < -0.3 is 10.6 Å². The van der Waals surface area contributed by atoms with E-state index in [9.17, 15) is 9.59 Å². The van der Waals surface area contributed by atoms with E-state index in [4.69, 9.17) is 11.6 Å². The maximum Gasteiger partial charge on any atom is 0.253 e. The first kappa shape index (κ1) is 20.1. The average molecular weight is 383 g/mol. The number of thioether (sulfide) groups is 1. The molecule has 1 fully saturated rings. The molecule has 2 amide bonds. The van der Waals surface area contributed by atoms with Crippen molar-refractivity contribution in [1.82, 2.24) is 10.6 Å². The molecule has 0 aliphatic heterocycles. The van der Waals surface area contributed by atoms with Gasteiger partial charge in [-0.2, -0.15) is 11.8 Å². The minimum Gasteiger partial charge on any atom is -0.351 e. The fourth-order valence-corrected chi connectivity index (χ4v) is 3.89. The molecule has 2 rings (SSSR count). The van der Waals surface area contributed by atoms with Crippen molar-refractivity contribution in [3.05, 3.63) is 34.9 Å². The first-order valence-corrected chi connectivity index (χ1v) is 10.6. The van der Waals surface area contributed by atoms with E-state index in [2.05, 4.69) is 17.6 Å². The summed E-state index contributed by atoms with van der Waals surface area (Å²) in [5.41, 5.74) is 0.400. The second-order valence-electron chi connectivity index (χ2n) is 6.66. The zero-order valence-electron chi connectivity index (χ0n) is 14.9. The van der Waals surface area contributed by atoms with Crippen molar-refractivity contribution in [3.63, 3.8) is 0 Å². The van der Waals surface area contributed by atoms with Crippen LogP contribution in [0.3, 0.4) is 0 Å². The number of amides is 2. The van der Waals surface area contributed by atoms with Crippen LogP contribution < -0.4 is 10.6 Å². The fourth-order valence-electron chi connectivity index (χ4n) is 3.20. The van der Waals surface area contributed by atoms with Gasteiger partial charge in [0.25, 0.3) is 5.91 Å². The van der Waals surface area contributed by atoms with Gasteiger partial charge in [-0.1, -0.05) is 43.5 Å². The molecule has 3 atom stereocenters. The summed E-state index contributed by atoms with van der Waals surface area (Å²) in [5.74, 6) is 0.899. The number of hydrogen-bond donors (Lipinski definition) is 2. The van der Waals surface area contributed by atoms with Crippen molar-refractivity contribution in [2.24, 2.45) is 5.92 Å². The second kappa shape index (κ2) is 10.1. The molecular formula is C19H27ClN2O2S. The summed E-state index contributed by atoms with van der Waals surface area (Å²) in [7, 11) is 0. The Morgan fingerprint density at radius 2 is 2.00 bits per heavy atom. The number of halogens is 1. The first-order valence-electron chi connectivity index (χ1n) is 8.87. The lowest BCUT2D eigenvalue weighted by Gasteiger charge is -2.31. The van der Waals surface area contributed by atoms with E-state index in [0.717, 1.165) is 25.0 Å². The van der Waals surface area contributed by atoms with Crippen LogP contribution in [0, 0.1) is 5.92 Å². The van der Waals surface area contributed by atoms with Crippen LogP contribution in [-0.2, 0) is 4.79 Å². The van der Waals surface area contributed by atoms with Crippen molar-refractivity contribution in [1.29, 1.82) is 0 Å².